The molecule has 26 heavy (non-hydrogen) atoms. The van der Waals surface area contributed by atoms with Crippen LogP contribution in [0.2, 0.25) is 0 Å². The molecule has 0 bridgehead atoms. The molecule has 3 N–H and O–H groups in total. The SMILES string of the molecule is NC(=O)Cc1csc(NC(=O)C2CC(=O)N(CCc3ccccc3)C2)n1. The maximum Gasteiger partial charge on any atom is 0.231 e. The zero-order chi connectivity index (χ0) is 18.5. The minimum Gasteiger partial charge on any atom is -0.369 e. The van der Waals surface area contributed by atoms with Crippen molar-refractivity contribution in [3.8, 4) is 0 Å². The number of amides is 3. The highest BCUT2D eigenvalue weighted by atomic mass is 32.1. The number of carbonyl (C=O) groups is 3. The number of nitrogens with two attached hydrogens (primary N) is 1. The van der Waals surface area contributed by atoms with E-state index in [1.54, 1.807) is 10.3 Å². The molecule has 3 amide bonds. The second-order valence-corrected chi connectivity index (χ2v) is 7.11. The number of likely N-dealkylation sites (tertiary alicyclic amines) is 1. The van der Waals surface area contributed by atoms with Crippen molar-refractivity contribution in [2.45, 2.75) is 19.3 Å². The maximum atomic E-state index is 12.4. The summed E-state index contributed by atoms with van der Waals surface area (Å²) in [6.07, 6.45) is 1.02. The third-order valence-electron chi connectivity index (χ3n) is 4.24. The van der Waals surface area contributed by atoms with E-state index in [1.807, 2.05) is 30.3 Å². The molecule has 1 atom stereocenters. The van der Waals surface area contributed by atoms with Crippen LogP contribution in [0, 0.1) is 5.92 Å². The van der Waals surface area contributed by atoms with Crippen molar-refractivity contribution < 1.29 is 14.4 Å². The Morgan fingerprint density at radius 1 is 1.31 bits per heavy atom. The second-order valence-electron chi connectivity index (χ2n) is 6.25. The molecule has 0 saturated carbocycles. The largest absolute Gasteiger partial charge is 0.369 e. The fraction of sp³-hybridized carbons (Fsp3) is 0.333. The van der Waals surface area contributed by atoms with Gasteiger partial charge in [-0.25, -0.2) is 4.98 Å². The van der Waals surface area contributed by atoms with Crippen LogP contribution in [0.1, 0.15) is 17.7 Å². The highest BCUT2D eigenvalue weighted by molar-refractivity contribution is 7.13. The molecule has 8 heteroatoms. The number of rotatable bonds is 7. The zero-order valence-electron chi connectivity index (χ0n) is 14.2. The van der Waals surface area contributed by atoms with Gasteiger partial charge >= 0.3 is 0 Å². The second kappa shape index (κ2) is 8.09. The number of primary amides is 1. The lowest BCUT2D eigenvalue weighted by molar-refractivity contribution is -0.128. The summed E-state index contributed by atoms with van der Waals surface area (Å²) in [5, 5.41) is 4.83. The van der Waals surface area contributed by atoms with Crippen molar-refractivity contribution in [3.63, 3.8) is 0 Å². The Balaban J connectivity index is 1.51. The number of hydrogen-bond donors (Lipinski definition) is 2. The van der Waals surface area contributed by atoms with E-state index in [0.29, 0.717) is 23.9 Å². The Morgan fingerprint density at radius 2 is 2.08 bits per heavy atom. The molecule has 0 aliphatic carbocycles. The first-order valence-electron chi connectivity index (χ1n) is 8.36. The number of anilines is 1. The molecule has 0 radical (unpaired) electrons. The number of aromatic nitrogens is 1. The molecular formula is C18H20N4O3S. The minimum absolute atomic E-state index is 0.00497. The molecule has 3 rings (SSSR count). The molecule has 2 aromatic rings. The van der Waals surface area contributed by atoms with Crippen LogP contribution in [-0.4, -0.2) is 40.7 Å². The van der Waals surface area contributed by atoms with Crippen molar-refractivity contribution in [2.75, 3.05) is 18.4 Å². The highest BCUT2D eigenvalue weighted by Gasteiger charge is 2.34. The summed E-state index contributed by atoms with van der Waals surface area (Å²) in [5.74, 6) is -1.08. The van der Waals surface area contributed by atoms with Gasteiger partial charge in [0.2, 0.25) is 17.7 Å². The van der Waals surface area contributed by atoms with Gasteiger partial charge in [-0.2, -0.15) is 0 Å². The smallest absolute Gasteiger partial charge is 0.231 e. The summed E-state index contributed by atoms with van der Waals surface area (Å²) in [4.78, 5) is 41.4. The van der Waals surface area contributed by atoms with Crippen molar-refractivity contribution in [1.82, 2.24) is 9.88 Å². The molecule has 1 aliphatic rings. The van der Waals surface area contributed by atoms with Crippen LogP contribution in [0.15, 0.2) is 35.7 Å². The molecule has 1 unspecified atom stereocenters. The third kappa shape index (κ3) is 4.66. The Kier molecular flexibility index (Phi) is 5.62. The van der Waals surface area contributed by atoms with Gasteiger partial charge in [0.15, 0.2) is 5.13 Å². The van der Waals surface area contributed by atoms with E-state index < -0.39 is 5.91 Å². The Labute approximate surface area is 155 Å². The molecular weight excluding hydrogens is 352 g/mol. The summed E-state index contributed by atoms with van der Waals surface area (Å²) in [7, 11) is 0. The van der Waals surface area contributed by atoms with E-state index in [1.165, 1.54) is 11.3 Å². The molecule has 1 aromatic heterocycles. The normalized spacial score (nSPS) is 16.7. The van der Waals surface area contributed by atoms with Crippen molar-refractivity contribution in [3.05, 3.63) is 47.0 Å². The van der Waals surface area contributed by atoms with Gasteiger partial charge in [-0.1, -0.05) is 30.3 Å². The predicted molar refractivity (Wildman–Crippen MR) is 98.5 cm³/mol. The van der Waals surface area contributed by atoms with Crippen molar-refractivity contribution in [1.29, 1.82) is 0 Å². The molecule has 0 spiro atoms. The minimum atomic E-state index is -0.469. The van der Waals surface area contributed by atoms with Crippen LogP contribution >= 0.6 is 11.3 Å². The van der Waals surface area contributed by atoms with E-state index in [4.69, 9.17) is 5.73 Å². The van der Waals surface area contributed by atoms with Gasteiger partial charge in [0, 0.05) is 24.9 Å². The zero-order valence-corrected chi connectivity index (χ0v) is 15.0. The van der Waals surface area contributed by atoms with Crippen LogP contribution in [0.4, 0.5) is 5.13 Å². The summed E-state index contributed by atoms with van der Waals surface area (Å²) < 4.78 is 0. The number of benzene rings is 1. The number of carbonyl (C=O) groups excluding carboxylic acids is 3. The van der Waals surface area contributed by atoms with E-state index >= 15 is 0 Å². The monoisotopic (exact) mass is 372 g/mol. The molecule has 1 aliphatic heterocycles. The van der Waals surface area contributed by atoms with Crippen LogP contribution in [-0.2, 0) is 27.2 Å². The number of nitrogens with zero attached hydrogens (tertiary/aromatic N) is 2. The summed E-state index contributed by atoms with van der Waals surface area (Å²) in [6.45, 7) is 1.02. The lowest BCUT2D eigenvalue weighted by Gasteiger charge is -2.16. The van der Waals surface area contributed by atoms with Gasteiger partial charge in [0.1, 0.15) is 0 Å². The van der Waals surface area contributed by atoms with E-state index in [9.17, 15) is 14.4 Å². The average Bonchev–Trinajstić information content (AvgIpc) is 3.20. The lowest BCUT2D eigenvalue weighted by atomic mass is 10.1. The van der Waals surface area contributed by atoms with Crippen molar-refractivity contribution in [2.24, 2.45) is 11.7 Å². The Bertz CT molecular complexity index is 806. The van der Waals surface area contributed by atoms with Gasteiger partial charge in [0.25, 0.3) is 0 Å². The highest BCUT2D eigenvalue weighted by Crippen LogP contribution is 2.22. The molecule has 7 nitrogen and oxygen atoms in total. The van der Waals surface area contributed by atoms with E-state index in [2.05, 4.69) is 10.3 Å². The summed E-state index contributed by atoms with van der Waals surface area (Å²) >= 11 is 1.24. The first-order valence-corrected chi connectivity index (χ1v) is 9.24. The van der Waals surface area contributed by atoms with Crippen LogP contribution < -0.4 is 11.1 Å². The fourth-order valence-electron chi connectivity index (χ4n) is 2.90. The standard InChI is InChI=1S/C18H20N4O3S/c19-15(23)9-14-11-26-18(20-14)21-17(25)13-8-16(24)22(10-13)7-6-12-4-2-1-3-5-12/h1-5,11,13H,6-10H2,(H2,19,23)(H,20,21,25). The van der Waals surface area contributed by atoms with Crippen molar-refractivity contribution >= 4 is 34.2 Å². The van der Waals surface area contributed by atoms with Crippen LogP contribution in [0.5, 0.6) is 0 Å². The summed E-state index contributed by atoms with van der Waals surface area (Å²) in [5.41, 5.74) is 6.83. The molecule has 1 aromatic carbocycles. The first kappa shape index (κ1) is 18.1. The Hall–Kier alpha value is -2.74. The Morgan fingerprint density at radius 3 is 2.81 bits per heavy atom. The van der Waals surface area contributed by atoms with Gasteiger partial charge in [-0.05, 0) is 12.0 Å². The molecule has 2 heterocycles. The van der Waals surface area contributed by atoms with Crippen LogP contribution in [0.3, 0.4) is 0 Å². The average molecular weight is 372 g/mol. The van der Waals surface area contributed by atoms with E-state index in [0.717, 1.165) is 12.0 Å². The molecule has 1 fully saturated rings. The van der Waals surface area contributed by atoms with Gasteiger partial charge < -0.3 is 16.0 Å². The third-order valence-corrected chi connectivity index (χ3v) is 5.04. The summed E-state index contributed by atoms with van der Waals surface area (Å²) in [6, 6.07) is 9.95. The number of thiazole rings is 1. The fourth-order valence-corrected chi connectivity index (χ4v) is 3.62. The maximum absolute atomic E-state index is 12.4. The van der Waals surface area contributed by atoms with Gasteiger partial charge in [-0.3, -0.25) is 14.4 Å². The number of nitrogens with one attached hydrogen (secondary N) is 1. The van der Waals surface area contributed by atoms with Crippen LogP contribution in [0.25, 0.3) is 0 Å². The molecule has 1 saturated heterocycles. The first-order chi connectivity index (χ1) is 12.5. The topological polar surface area (TPSA) is 105 Å². The van der Waals surface area contributed by atoms with Gasteiger partial charge in [-0.15, -0.1) is 11.3 Å². The predicted octanol–water partition coefficient (Wildman–Crippen LogP) is 1.20. The lowest BCUT2D eigenvalue weighted by Crippen LogP contribution is -2.30. The molecule has 136 valence electrons. The number of hydrogen-bond acceptors (Lipinski definition) is 5. The quantitative estimate of drug-likeness (QED) is 0.762. The van der Waals surface area contributed by atoms with E-state index in [-0.39, 0.29) is 30.6 Å². The van der Waals surface area contributed by atoms with Gasteiger partial charge in [0.05, 0.1) is 18.0 Å².